The number of aryl methyl sites for hydroxylation is 5. The van der Waals surface area contributed by atoms with Gasteiger partial charge >= 0.3 is 0 Å². The Labute approximate surface area is 291 Å². The molecule has 3 heterocycles. The molecule has 10 aromatic rings. The summed E-state index contributed by atoms with van der Waals surface area (Å²) in [6.07, 6.45) is 0. The molecule has 240 valence electrons. The van der Waals surface area contributed by atoms with Gasteiger partial charge in [-0.15, -0.1) is 0 Å². The van der Waals surface area contributed by atoms with E-state index in [2.05, 4.69) is 182 Å². The third-order valence-electron chi connectivity index (χ3n) is 10.7. The van der Waals surface area contributed by atoms with E-state index in [-0.39, 0.29) is 0 Å². The summed E-state index contributed by atoms with van der Waals surface area (Å²) in [6.45, 7) is 10.9. The molecule has 0 saturated carbocycles. The Hall–Kier alpha value is -6.06. The van der Waals surface area contributed by atoms with E-state index in [4.69, 9.17) is 0 Å². The molecule has 0 unspecified atom stereocenters. The molecule has 50 heavy (non-hydrogen) atoms. The minimum Gasteiger partial charge on any atom is -0.309 e. The van der Waals surface area contributed by atoms with Crippen molar-refractivity contribution in [1.82, 2.24) is 13.7 Å². The van der Waals surface area contributed by atoms with E-state index in [0.29, 0.717) is 0 Å². The highest BCUT2D eigenvalue weighted by Gasteiger charge is 2.19. The van der Waals surface area contributed by atoms with Crippen molar-refractivity contribution in [2.45, 2.75) is 34.6 Å². The largest absolute Gasteiger partial charge is 0.309 e. The number of rotatable bonds is 3. The van der Waals surface area contributed by atoms with Crippen LogP contribution in [0.25, 0.3) is 82.5 Å². The molecule has 10 rings (SSSR count). The maximum Gasteiger partial charge on any atom is 0.0542 e. The molecule has 0 N–H and O–H groups in total. The highest BCUT2D eigenvalue weighted by Crippen LogP contribution is 2.40. The Morgan fingerprint density at radius 1 is 0.240 bits per heavy atom. The third kappa shape index (κ3) is 4.16. The van der Waals surface area contributed by atoms with Crippen LogP contribution in [0, 0.1) is 34.6 Å². The normalized spacial score (nSPS) is 12.1. The van der Waals surface area contributed by atoms with Crippen LogP contribution in [0.5, 0.6) is 0 Å². The van der Waals surface area contributed by atoms with Crippen LogP contribution in [0.3, 0.4) is 0 Å². The lowest BCUT2D eigenvalue weighted by Gasteiger charge is -2.11. The average molecular weight is 644 g/mol. The first-order chi connectivity index (χ1) is 24.3. The predicted octanol–water partition coefficient (Wildman–Crippen LogP) is 12.5. The molecule has 3 nitrogen and oxygen atoms in total. The number of aromatic nitrogens is 3. The Bertz CT molecular complexity index is 2720. The van der Waals surface area contributed by atoms with E-state index >= 15 is 0 Å². The first-order valence-corrected chi connectivity index (χ1v) is 17.5. The zero-order valence-electron chi connectivity index (χ0n) is 29.0. The monoisotopic (exact) mass is 643 g/mol. The fraction of sp³-hybridized carbons (Fsp3) is 0.106. The van der Waals surface area contributed by atoms with Crippen LogP contribution in [-0.4, -0.2) is 13.7 Å². The van der Waals surface area contributed by atoms with E-state index in [1.165, 1.54) is 110 Å². The van der Waals surface area contributed by atoms with E-state index < -0.39 is 0 Å². The van der Waals surface area contributed by atoms with E-state index in [9.17, 15) is 0 Å². The summed E-state index contributed by atoms with van der Waals surface area (Å²) in [4.78, 5) is 0. The van der Waals surface area contributed by atoms with Crippen LogP contribution in [0.1, 0.15) is 27.8 Å². The fourth-order valence-corrected chi connectivity index (χ4v) is 8.31. The van der Waals surface area contributed by atoms with Crippen molar-refractivity contribution in [3.8, 4) is 17.1 Å². The van der Waals surface area contributed by atoms with Crippen molar-refractivity contribution in [3.63, 3.8) is 0 Å². The highest BCUT2D eigenvalue weighted by atomic mass is 15.0. The Morgan fingerprint density at radius 3 is 0.820 bits per heavy atom. The summed E-state index contributed by atoms with van der Waals surface area (Å²) in [6, 6.07) is 50.3. The van der Waals surface area contributed by atoms with Gasteiger partial charge in [-0.05, 0) is 132 Å². The van der Waals surface area contributed by atoms with Crippen molar-refractivity contribution in [3.05, 3.63) is 161 Å². The molecule has 3 heteroatoms. The minimum atomic E-state index is 1.17. The molecule has 0 fully saturated rings. The van der Waals surface area contributed by atoms with Gasteiger partial charge in [0.1, 0.15) is 0 Å². The molecular formula is C47H37N3. The second kappa shape index (κ2) is 10.5. The summed E-state index contributed by atoms with van der Waals surface area (Å²) in [5.41, 5.74) is 17.2. The average Bonchev–Trinajstić information content (AvgIpc) is 3.72. The van der Waals surface area contributed by atoms with Crippen LogP contribution >= 0.6 is 0 Å². The number of hydrogen-bond donors (Lipinski definition) is 0. The molecule has 0 saturated heterocycles. The van der Waals surface area contributed by atoms with Gasteiger partial charge < -0.3 is 13.7 Å². The van der Waals surface area contributed by atoms with Gasteiger partial charge in [-0.25, -0.2) is 0 Å². The summed E-state index contributed by atoms with van der Waals surface area (Å²) >= 11 is 0. The van der Waals surface area contributed by atoms with Gasteiger partial charge in [0.25, 0.3) is 0 Å². The predicted molar refractivity (Wildman–Crippen MR) is 213 cm³/mol. The molecule has 0 aliphatic heterocycles. The van der Waals surface area contributed by atoms with E-state index in [0.717, 1.165) is 0 Å². The quantitative estimate of drug-likeness (QED) is 0.182. The number of benzene rings is 7. The van der Waals surface area contributed by atoms with Gasteiger partial charge in [-0.1, -0.05) is 64.2 Å². The van der Waals surface area contributed by atoms with Gasteiger partial charge in [0.05, 0.1) is 33.1 Å². The summed E-state index contributed by atoms with van der Waals surface area (Å²) in [5, 5.41) is 7.66. The molecule has 0 bridgehead atoms. The van der Waals surface area contributed by atoms with Gasteiger partial charge in [0.15, 0.2) is 0 Å². The topological polar surface area (TPSA) is 14.8 Å². The number of nitrogens with zero attached hydrogens (tertiary/aromatic N) is 3. The number of hydrogen-bond acceptors (Lipinski definition) is 0. The third-order valence-corrected chi connectivity index (χ3v) is 10.7. The molecule has 3 aromatic heterocycles. The standard InChI is InChI=1S/C47H37N3/c1-28-6-12-33(13-7-28)48-46-20-14-34(49-42-16-8-29(2)22-36(42)37-23-30(3)9-17-43(37)49)26-40(46)41-27-35(15-21-47(41)48)50-44-18-10-31(4)24-38(44)39-25-32(5)11-19-45(39)50/h6-27H,1-5H3. The van der Waals surface area contributed by atoms with Crippen LogP contribution in [-0.2, 0) is 0 Å². The SMILES string of the molecule is Cc1ccc(-n2c3ccc(-n4c5ccc(C)cc5c5cc(C)ccc54)cc3c3cc(-n4c5ccc(C)cc5c5cc(C)ccc54)ccc32)cc1. The van der Waals surface area contributed by atoms with Crippen LogP contribution in [0.15, 0.2) is 133 Å². The molecule has 0 radical (unpaired) electrons. The second-order valence-electron chi connectivity index (χ2n) is 14.3. The van der Waals surface area contributed by atoms with Gasteiger partial charge in [0, 0.05) is 49.4 Å². The maximum absolute atomic E-state index is 2.44. The van der Waals surface area contributed by atoms with Crippen LogP contribution in [0.4, 0.5) is 0 Å². The Balaban J connectivity index is 1.29. The molecule has 7 aromatic carbocycles. The Kier molecular flexibility index (Phi) is 6.05. The van der Waals surface area contributed by atoms with Crippen molar-refractivity contribution in [2.24, 2.45) is 0 Å². The lowest BCUT2D eigenvalue weighted by Crippen LogP contribution is -1.96. The summed E-state index contributed by atoms with van der Waals surface area (Å²) < 4.78 is 7.31. The maximum atomic E-state index is 2.44. The molecule has 0 spiro atoms. The van der Waals surface area contributed by atoms with Crippen molar-refractivity contribution >= 4 is 65.4 Å². The lowest BCUT2D eigenvalue weighted by molar-refractivity contribution is 1.16. The van der Waals surface area contributed by atoms with Gasteiger partial charge in [-0.3, -0.25) is 0 Å². The first kappa shape index (κ1) is 28.9. The van der Waals surface area contributed by atoms with E-state index in [1.54, 1.807) is 0 Å². The van der Waals surface area contributed by atoms with Crippen LogP contribution in [0.2, 0.25) is 0 Å². The molecule has 0 atom stereocenters. The van der Waals surface area contributed by atoms with Crippen molar-refractivity contribution in [2.75, 3.05) is 0 Å². The number of fused-ring (bicyclic) bond motifs is 9. The van der Waals surface area contributed by atoms with Crippen molar-refractivity contribution < 1.29 is 0 Å². The second-order valence-corrected chi connectivity index (χ2v) is 14.3. The van der Waals surface area contributed by atoms with Crippen molar-refractivity contribution in [1.29, 1.82) is 0 Å². The molecule has 0 aliphatic carbocycles. The van der Waals surface area contributed by atoms with Gasteiger partial charge in [-0.2, -0.15) is 0 Å². The minimum absolute atomic E-state index is 1.17. The summed E-state index contributed by atoms with van der Waals surface area (Å²) in [7, 11) is 0. The van der Waals surface area contributed by atoms with E-state index in [1.807, 2.05) is 0 Å². The molecule has 0 aliphatic rings. The summed E-state index contributed by atoms with van der Waals surface area (Å²) in [5.74, 6) is 0. The molecule has 0 amide bonds. The first-order valence-electron chi connectivity index (χ1n) is 17.5. The lowest BCUT2D eigenvalue weighted by atomic mass is 10.1. The zero-order valence-corrected chi connectivity index (χ0v) is 29.0. The van der Waals surface area contributed by atoms with Crippen LogP contribution < -0.4 is 0 Å². The fourth-order valence-electron chi connectivity index (χ4n) is 8.31. The zero-order chi connectivity index (χ0) is 33.8. The smallest absolute Gasteiger partial charge is 0.0542 e. The van der Waals surface area contributed by atoms with Gasteiger partial charge in [0.2, 0.25) is 0 Å². The highest BCUT2D eigenvalue weighted by molar-refractivity contribution is 6.14. The Morgan fingerprint density at radius 2 is 0.480 bits per heavy atom. The molecular weight excluding hydrogens is 607 g/mol.